The summed E-state index contributed by atoms with van der Waals surface area (Å²) >= 11 is 0. The molecule has 1 fully saturated rings. The van der Waals surface area contributed by atoms with Crippen LogP contribution in [0.4, 0.5) is 11.4 Å². The molecule has 1 saturated heterocycles. The maximum absolute atomic E-state index is 13.7. The van der Waals surface area contributed by atoms with Crippen molar-refractivity contribution in [2.75, 3.05) is 23.1 Å². The molecule has 0 bridgehead atoms. The number of oxazole rings is 1. The number of hydrogen-bond donors (Lipinski definition) is 1. The van der Waals surface area contributed by atoms with Crippen LogP contribution in [-0.4, -0.2) is 58.9 Å². The van der Waals surface area contributed by atoms with E-state index in [1.807, 2.05) is 6.92 Å². The molecule has 4 aromatic rings. The van der Waals surface area contributed by atoms with Gasteiger partial charge in [-0.05, 0) is 24.6 Å². The standard InChI is InChI=1S/C25H26N6O6S/c1-3-31-24-19(11-28-31)23(29-17-8-9-37-22(32)10-17)21(12-26-24)30(25(33)20-14-36-15-27-20)13-16-4-6-18(7-5-16)38(2,34)35/h4-7,11-12,14-15,17H,3,8-10,13H2,1-2H3,(H,26,29). The number of carbonyl (C=O) groups is 2. The van der Waals surface area contributed by atoms with Gasteiger partial charge in [0.25, 0.3) is 5.91 Å². The minimum atomic E-state index is -3.37. The molecule has 1 amide bonds. The largest absolute Gasteiger partial charge is 0.466 e. The third-order valence-corrected chi connectivity index (χ3v) is 7.44. The molecule has 13 heteroatoms. The van der Waals surface area contributed by atoms with Crippen molar-refractivity contribution in [3.05, 3.63) is 60.6 Å². The van der Waals surface area contributed by atoms with Crippen molar-refractivity contribution in [3.63, 3.8) is 0 Å². The molecule has 0 aliphatic carbocycles. The van der Waals surface area contributed by atoms with Gasteiger partial charge in [-0.3, -0.25) is 14.5 Å². The number of anilines is 2. The smallest absolute Gasteiger partial charge is 0.307 e. The van der Waals surface area contributed by atoms with Crippen molar-refractivity contribution in [1.29, 1.82) is 0 Å². The zero-order valence-corrected chi connectivity index (χ0v) is 21.6. The molecule has 3 aromatic heterocycles. The number of hydrogen-bond acceptors (Lipinski definition) is 10. The molecule has 0 saturated carbocycles. The van der Waals surface area contributed by atoms with Gasteiger partial charge < -0.3 is 14.5 Å². The van der Waals surface area contributed by atoms with Crippen molar-refractivity contribution in [2.24, 2.45) is 0 Å². The third kappa shape index (κ3) is 5.09. The molecule has 0 spiro atoms. The van der Waals surface area contributed by atoms with Crippen LogP contribution in [-0.2, 0) is 32.5 Å². The first-order chi connectivity index (χ1) is 18.2. The number of pyridine rings is 1. The Kier molecular flexibility index (Phi) is 6.85. The van der Waals surface area contributed by atoms with Crippen LogP contribution in [0, 0.1) is 0 Å². The van der Waals surface area contributed by atoms with Crippen LogP contribution in [0.1, 0.15) is 35.8 Å². The molecule has 1 aromatic carbocycles. The van der Waals surface area contributed by atoms with Crippen LogP contribution in [0.25, 0.3) is 11.0 Å². The van der Waals surface area contributed by atoms with Crippen LogP contribution < -0.4 is 10.2 Å². The number of carbonyl (C=O) groups excluding carboxylic acids is 2. The van der Waals surface area contributed by atoms with Crippen LogP contribution >= 0.6 is 0 Å². The number of fused-ring (bicyclic) bond motifs is 1. The van der Waals surface area contributed by atoms with Gasteiger partial charge >= 0.3 is 5.97 Å². The number of ether oxygens (including phenoxy) is 1. The van der Waals surface area contributed by atoms with Crippen LogP contribution in [0.15, 0.2) is 58.6 Å². The SMILES string of the molecule is CCn1ncc2c(NC3CCOC(=O)C3)c(N(Cc3ccc(S(C)(=O)=O)cc3)C(=O)c3cocn3)cnc21. The molecular formula is C25H26N6O6S. The lowest BCUT2D eigenvalue weighted by Gasteiger charge is -2.29. The minimum Gasteiger partial charge on any atom is -0.466 e. The van der Waals surface area contributed by atoms with Crippen molar-refractivity contribution in [2.45, 2.75) is 43.8 Å². The highest BCUT2D eigenvalue weighted by molar-refractivity contribution is 7.90. The summed E-state index contributed by atoms with van der Waals surface area (Å²) in [6.45, 7) is 2.93. The van der Waals surface area contributed by atoms with Gasteiger partial charge in [-0.15, -0.1) is 0 Å². The zero-order valence-electron chi connectivity index (χ0n) is 20.8. The van der Waals surface area contributed by atoms with Gasteiger partial charge in [0, 0.05) is 25.3 Å². The van der Waals surface area contributed by atoms with Crippen LogP contribution in [0.2, 0.25) is 0 Å². The highest BCUT2D eigenvalue weighted by atomic mass is 32.2. The zero-order chi connectivity index (χ0) is 26.9. The highest BCUT2D eigenvalue weighted by Crippen LogP contribution is 2.36. The second-order valence-electron chi connectivity index (χ2n) is 8.95. The number of amides is 1. The summed E-state index contributed by atoms with van der Waals surface area (Å²) in [5, 5.41) is 8.56. The summed E-state index contributed by atoms with van der Waals surface area (Å²) in [6, 6.07) is 6.10. The fourth-order valence-corrected chi connectivity index (χ4v) is 4.99. The van der Waals surface area contributed by atoms with Crippen molar-refractivity contribution >= 4 is 44.1 Å². The molecule has 1 atom stereocenters. The van der Waals surface area contributed by atoms with E-state index in [2.05, 4.69) is 20.4 Å². The minimum absolute atomic E-state index is 0.0895. The second kappa shape index (κ2) is 10.2. The number of cyclic esters (lactones) is 1. The fraction of sp³-hybridized carbons (Fsp3) is 0.320. The Labute approximate surface area is 218 Å². The summed E-state index contributed by atoms with van der Waals surface area (Å²) in [4.78, 5) is 36.0. The van der Waals surface area contributed by atoms with E-state index in [0.29, 0.717) is 47.5 Å². The first-order valence-electron chi connectivity index (χ1n) is 12.0. The van der Waals surface area contributed by atoms with Gasteiger partial charge in [-0.25, -0.2) is 23.1 Å². The molecule has 38 heavy (non-hydrogen) atoms. The normalized spacial score (nSPS) is 15.8. The average molecular weight is 539 g/mol. The highest BCUT2D eigenvalue weighted by Gasteiger charge is 2.28. The van der Waals surface area contributed by atoms with Crippen LogP contribution in [0.3, 0.4) is 0 Å². The summed E-state index contributed by atoms with van der Waals surface area (Å²) in [7, 11) is -3.37. The number of esters is 1. The van der Waals surface area contributed by atoms with Gasteiger partial charge in [0.2, 0.25) is 0 Å². The van der Waals surface area contributed by atoms with Crippen molar-refractivity contribution in [1.82, 2.24) is 19.7 Å². The van der Waals surface area contributed by atoms with Crippen LogP contribution in [0.5, 0.6) is 0 Å². The molecule has 1 aliphatic heterocycles. The molecule has 198 valence electrons. The lowest BCUT2D eigenvalue weighted by atomic mass is 10.1. The summed E-state index contributed by atoms with van der Waals surface area (Å²) in [6.07, 6.45) is 7.61. The van der Waals surface area contributed by atoms with E-state index < -0.39 is 15.7 Å². The van der Waals surface area contributed by atoms with Gasteiger partial charge in [-0.2, -0.15) is 5.10 Å². The number of benzene rings is 1. The number of nitrogens with one attached hydrogen (secondary N) is 1. The first kappa shape index (κ1) is 25.4. The van der Waals surface area contributed by atoms with E-state index in [1.54, 1.807) is 29.2 Å². The van der Waals surface area contributed by atoms with E-state index in [4.69, 9.17) is 9.15 Å². The molecule has 12 nitrogen and oxygen atoms in total. The quantitative estimate of drug-likeness (QED) is 0.332. The Bertz CT molecular complexity index is 1580. The van der Waals surface area contributed by atoms with E-state index >= 15 is 0 Å². The number of sulfone groups is 1. The van der Waals surface area contributed by atoms with Gasteiger partial charge in [0.05, 0.1) is 53.6 Å². The molecule has 1 unspecified atom stereocenters. The number of aryl methyl sites for hydroxylation is 1. The van der Waals surface area contributed by atoms with Crippen molar-refractivity contribution < 1.29 is 27.2 Å². The summed E-state index contributed by atoms with van der Waals surface area (Å²) in [5.74, 6) is -0.743. The van der Waals surface area contributed by atoms with Gasteiger partial charge in [0.1, 0.15) is 6.26 Å². The molecule has 4 heterocycles. The Morgan fingerprint density at radius 3 is 2.66 bits per heavy atom. The lowest BCUT2D eigenvalue weighted by Crippen LogP contribution is -2.34. The van der Waals surface area contributed by atoms with E-state index in [1.165, 1.54) is 29.7 Å². The first-order valence-corrected chi connectivity index (χ1v) is 13.9. The topological polar surface area (TPSA) is 150 Å². The lowest BCUT2D eigenvalue weighted by molar-refractivity contribution is -0.147. The molecule has 1 aliphatic rings. The van der Waals surface area contributed by atoms with Crippen molar-refractivity contribution in [3.8, 4) is 0 Å². The van der Waals surface area contributed by atoms with Gasteiger partial charge in [-0.1, -0.05) is 12.1 Å². The Morgan fingerprint density at radius 2 is 2.00 bits per heavy atom. The fourth-order valence-electron chi connectivity index (χ4n) is 4.36. The number of aromatic nitrogens is 4. The predicted molar refractivity (Wildman–Crippen MR) is 137 cm³/mol. The summed E-state index contributed by atoms with van der Waals surface area (Å²) in [5.41, 5.74) is 2.45. The second-order valence-corrected chi connectivity index (χ2v) is 11.0. The monoisotopic (exact) mass is 538 g/mol. The number of rotatable bonds is 8. The molecule has 1 N–H and O–H groups in total. The van der Waals surface area contributed by atoms with E-state index in [-0.39, 0.29) is 35.6 Å². The Hall–Kier alpha value is -4.26. The van der Waals surface area contributed by atoms with Gasteiger partial charge in [0.15, 0.2) is 27.6 Å². The maximum Gasteiger partial charge on any atom is 0.307 e. The molecule has 0 radical (unpaired) electrons. The third-order valence-electron chi connectivity index (χ3n) is 6.32. The maximum atomic E-state index is 13.7. The average Bonchev–Trinajstić information content (AvgIpc) is 3.58. The Balaban J connectivity index is 1.61. The number of nitrogens with zero attached hydrogens (tertiary/aromatic N) is 5. The molecule has 5 rings (SSSR count). The summed E-state index contributed by atoms with van der Waals surface area (Å²) < 4.78 is 35.7. The molecular weight excluding hydrogens is 512 g/mol. The predicted octanol–water partition coefficient (Wildman–Crippen LogP) is 2.81. The van der Waals surface area contributed by atoms with E-state index in [0.717, 1.165) is 6.26 Å². The Morgan fingerprint density at radius 1 is 1.21 bits per heavy atom. The van der Waals surface area contributed by atoms with E-state index in [9.17, 15) is 18.0 Å².